The Bertz CT molecular complexity index is 574. The van der Waals surface area contributed by atoms with E-state index < -0.39 is 18.8 Å². The lowest BCUT2D eigenvalue weighted by Crippen LogP contribution is -2.30. The second-order valence-electron chi connectivity index (χ2n) is 4.37. The molecule has 7 N–H and O–H groups in total. The van der Waals surface area contributed by atoms with Crippen LogP contribution in [0.2, 0.25) is 0 Å². The van der Waals surface area contributed by atoms with Gasteiger partial charge in [0.05, 0.1) is 31.1 Å². The topological polar surface area (TPSA) is 157 Å². The zero-order chi connectivity index (χ0) is 16.8. The number of nitrogen functional groups attached to an aromatic ring is 2. The van der Waals surface area contributed by atoms with Crippen LogP contribution in [0, 0.1) is 0 Å². The van der Waals surface area contributed by atoms with Gasteiger partial charge in [-0.15, -0.1) is 0 Å². The number of nitrogens with two attached hydrogens (primary N) is 2. The fourth-order valence-electron chi connectivity index (χ4n) is 1.72. The molecular formula is C12H20N3O6P. The zero-order valence-corrected chi connectivity index (χ0v) is 13.0. The monoisotopic (exact) mass is 333 g/mol. The third-order valence-corrected chi connectivity index (χ3v) is 3.83. The number of hydrogen-bond donors (Lipinski definition) is 5. The number of carbonyl (C=O) groups excluding carboxylic acids is 1. The van der Waals surface area contributed by atoms with Crippen molar-refractivity contribution in [1.29, 1.82) is 0 Å². The molecule has 0 saturated heterocycles. The summed E-state index contributed by atoms with van der Waals surface area (Å²) < 4.78 is 21.3. The van der Waals surface area contributed by atoms with Crippen LogP contribution in [0.5, 0.6) is 0 Å². The number of carbonyl (C=O) groups is 1. The van der Waals surface area contributed by atoms with Crippen LogP contribution in [-0.2, 0) is 14.0 Å². The van der Waals surface area contributed by atoms with Crippen LogP contribution in [-0.4, -0.2) is 49.2 Å². The predicted molar refractivity (Wildman–Crippen MR) is 82.0 cm³/mol. The molecule has 0 bridgehead atoms. The maximum absolute atomic E-state index is 12.0. The standard InChI is InChI=1S/C12H20N3O6P/c1-20-6-7-21-5-4-15-12(16)8-2-3-9(13)11(10(8)14)22(17,18)19/h2-3H,4-7,13-14H2,1H3,(H,15,16)(H2,17,18,19). The molecule has 0 aliphatic rings. The summed E-state index contributed by atoms with van der Waals surface area (Å²) in [5.41, 5.74) is 10.6. The molecule has 0 radical (unpaired) electrons. The van der Waals surface area contributed by atoms with Gasteiger partial charge in [-0.3, -0.25) is 9.36 Å². The lowest BCUT2D eigenvalue weighted by molar-refractivity contribution is 0.0693. The maximum atomic E-state index is 12.0. The maximum Gasteiger partial charge on any atom is 0.360 e. The summed E-state index contributed by atoms with van der Waals surface area (Å²) in [6.07, 6.45) is 0. The summed E-state index contributed by atoms with van der Waals surface area (Å²) in [6.45, 7) is 1.34. The van der Waals surface area contributed by atoms with E-state index in [4.69, 9.17) is 20.9 Å². The number of nitrogens with one attached hydrogen (secondary N) is 1. The van der Waals surface area contributed by atoms with E-state index in [2.05, 4.69) is 5.32 Å². The molecule has 0 atom stereocenters. The average molecular weight is 333 g/mol. The van der Waals surface area contributed by atoms with Gasteiger partial charge >= 0.3 is 7.60 Å². The van der Waals surface area contributed by atoms with Crippen molar-refractivity contribution in [3.63, 3.8) is 0 Å². The Labute approximate surface area is 127 Å². The van der Waals surface area contributed by atoms with E-state index in [-0.39, 0.29) is 30.1 Å². The molecule has 124 valence electrons. The Morgan fingerprint density at radius 1 is 1.27 bits per heavy atom. The molecular weight excluding hydrogens is 313 g/mol. The van der Waals surface area contributed by atoms with Crippen molar-refractivity contribution in [2.75, 3.05) is 44.9 Å². The van der Waals surface area contributed by atoms with E-state index in [1.807, 2.05) is 0 Å². The first kappa shape index (κ1) is 18.4. The van der Waals surface area contributed by atoms with E-state index in [0.29, 0.717) is 13.2 Å². The van der Waals surface area contributed by atoms with Crippen molar-refractivity contribution in [3.8, 4) is 0 Å². The number of rotatable bonds is 8. The highest BCUT2D eigenvalue weighted by molar-refractivity contribution is 7.61. The summed E-state index contributed by atoms with van der Waals surface area (Å²) >= 11 is 0. The molecule has 0 saturated carbocycles. The molecule has 10 heteroatoms. The van der Waals surface area contributed by atoms with Crippen LogP contribution in [0.15, 0.2) is 12.1 Å². The summed E-state index contributed by atoms with van der Waals surface area (Å²) in [4.78, 5) is 30.5. The van der Waals surface area contributed by atoms with Crippen LogP contribution in [0.1, 0.15) is 10.4 Å². The SMILES string of the molecule is COCCOCCNC(=O)c1ccc(N)c(P(=O)(O)O)c1N. The first-order chi connectivity index (χ1) is 10.3. The number of ether oxygens (including phenoxy) is 2. The number of methoxy groups -OCH3 is 1. The van der Waals surface area contributed by atoms with Gasteiger partial charge in [-0.1, -0.05) is 0 Å². The molecule has 0 aliphatic carbocycles. The van der Waals surface area contributed by atoms with Crippen LogP contribution in [0.25, 0.3) is 0 Å². The fraction of sp³-hybridized carbons (Fsp3) is 0.417. The van der Waals surface area contributed by atoms with Gasteiger partial charge in [0.1, 0.15) is 5.30 Å². The minimum absolute atomic E-state index is 0.0515. The van der Waals surface area contributed by atoms with Gasteiger partial charge in [-0.25, -0.2) is 0 Å². The van der Waals surface area contributed by atoms with Gasteiger partial charge in [0.15, 0.2) is 0 Å². The molecule has 1 aromatic carbocycles. The van der Waals surface area contributed by atoms with Crippen LogP contribution < -0.4 is 22.1 Å². The minimum atomic E-state index is -4.67. The van der Waals surface area contributed by atoms with Gasteiger partial charge < -0.3 is 36.0 Å². The molecule has 0 heterocycles. The normalized spacial score (nSPS) is 11.4. The molecule has 1 amide bonds. The second-order valence-corrected chi connectivity index (χ2v) is 5.91. The van der Waals surface area contributed by atoms with Gasteiger partial charge in [0.2, 0.25) is 0 Å². The van der Waals surface area contributed by atoms with E-state index in [9.17, 15) is 19.1 Å². The zero-order valence-electron chi connectivity index (χ0n) is 12.1. The van der Waals surface area contributed by atoms with E-state index in [1.165, 1.54) is 12.1 Å². The van der Waals surface area contributed by atoms with Crippen LogP contribution in [0.3, 0.4) is 0 Å². The minimum Gasteiger partial charge on any atom is -0.398 e. The van der Waals surface area contributed by atoms with E-state index in [0.717, 1.165) is 0 Å². The summed E-state index contributed by atoms with van der Waals surface area (Å²) in [5, 5.41) is 2.01. The lowest BCUT2D eigenvalue weighted by Gasteiger charge is -2.14. The Kier molecular flexibility index (Phi) is 6.79. The summed E-state index contributed by atoms with van der Waals surface area (Å²) in [6, 6.07) is 2.54. The fourth-order valence-corrected chi connectivity index (χ4v) is 2.57. The molecule has 0 aromatic heterocycles. The van der Waals surface area contributed by atoms with Crippen molar-refractivity contribution in [3.05, 3.63) is 17.7 Å². The van der Waals surface area contributed by atoms with E-state index >= 15 is 0 Å². The molecule has 0 unspecified atom stereocenters. The number of amides is 1. The third kappa shape index (κ3) is 4.97. The third-order valence-electron chi connectivity index (χ3n) is 2.75. The van der Waals surface area contributed by atoms with E-state index in [1.54, 1.807) is 7.11 Å². The van der Waals surface area contributed by atoms with Crippen molar-refractivity contribution in [2.45, 2.75) is 0 Å². The Morgan fingerprint density at radius 2 is 1.95 bits per heavy atom. The van der Waals surface area contributed by atoms with Crippen LogP contribution >= 0.6 is 7.60 Å². The van der Waals surface area contributed by atoms with Gasteiger partial charge in [-0.05, 0) is 12.1 Å². The van der Waals surface area contributed by atoms with Crippen LogP contribution in [0.4, 0.5) is 11.4 Å². The van der Waals surface area contributed by atoms with Crippen molar-refractivity contribution >= 4 is 30.2 Å². The molecule has 1 aromatic rings. The first-order valence-corrected chi connectivity index (χ1v) is 7.99. The van der Waals surface area contributed by atoms with Gasteiger partial charge in [-0.2, -0.15) is 0 Å². The average Bonchev–Trinajstić information content (AvgIpc) is 2.41. The molecule has 0 fully saturated rings. The quantitative estimate of drug-likeness (QED) is 0.231. The molecule has 1 rings (SSSR count). The highest BCUT2D eigenvalue weighted by Crippen LogP contribution is 2.39. The molecule has 0 spiro atoms. The number of hydrogen-bond acceptors (Lipinski definition) is 6. The van der Waals surface area contributed by atoms with Gasteiger partial charge in [0.25, 0.3) is 5.91 Å². The van der Waals surface area contributed by atoms with Gasteiger partial charge in [0, 0.05) is 19.3 Å². The highest BCUT2D eigenvalue weighted by atomic mass is 31.2. The lowest BCUT2D eigenvalue weighted by atomic mass is 10.1. The second kappa shape index (κ2) is 8.11. The molecule has 22 heavy (non-hydrogen) atoms. The largest absolute Gasteiger partial charge is 0.398 e. The number of benzene rings is 1. The van der Waals surface area contributed by atoms with Crippen molar-refractivity contribution < 1.29 is 28.6 Å². The predicted octanol–water partition coefficient (Wildman–Crippen LogP) is -0.953. The summed E-state index contributed by atoms with van der Waals surface area (Å²) in [5.74, 6) is -0.567. The molecule has 0 aliphatic heterocycles. The molecule has 9 nitrogen and oxygen atoms in total. The Morgan fingerprint density at radius 3 is 2.55 bits per heavy atom. The highest BCUT2D eigenvalue weighted by Gasteiger charge is 2.27. The smallest absolute Gasteiger partial charge is 0.360 e. The van der Waals surface area contributed by atoms with Crippen molar-refractivity contribution in [2.24, 2.45) is 0 Å². The summed E-state index contributed by atoms with van der Waals surface area (Å²) in [7, 11) is -3.12. The first-order valence-electron chi connectivity index (χ1n) is 6.38. The number of anilines is 2. The Balaban J connectivity index is 2.73. The van der Waals surface area contributed by atoms with Crippen molar-refractivity contribution in [1.82, 2.24) is 5.32 Å². The Hall–Kier alpha value is -1.64.